The number of hydrogen-bond donors (Lipinski definition) is 2. The van der Waals surface area contributed by atoms with Crippen LogP contribution in [0.15, 0.2) is 36.7 Å². The second-order valence-electron chi connectivity index (χ2n) is 8.92. The molecule has 3 aromatic rings. The Morgan fingerprint density at radius 1 is 1.18 bits per heavy atom. The third kappa shape index (κ3) is 4.60. The molecule has 2 aliphatic heterocycles. The van der Waals surface area contributed by atoms with Crippen molar-refractivity contribution in [1.82, 2.24) is 15.3 Å². The summed E-state index contributed by atoms with van der Waals surface area (Å²) in [6.45, 7) is 5.52. The number of carbonyl (C=O) groups is 1. The van der Waals surface area contributed by atoms with Gasteiger partial charge in [-0.3, -0.25) is 4.79 Å². The number of nitrogens with zero attached hydrogens (tertiary/aromatic N) is 2. The molecule has 4 heterocycles. The molecule has 1 atom stereocenters. The number of ether oxygens (including phenoxy) is 2. The molecule has 0 spiro atoms. The molecule has 2 aromatic heterocycles. The Kier molecular flexibility index (Phi) is 6.57. The van der Waals surface area contributed by atoms with Crippen LogP contribution in [0.3, 0.4) is 0 Å². The van der Waals surface area contributed by atoms with E-state index in [1.54, 1.807) is 6.33 Å². The van der Waals surface area contributed by atoms with Crippen LogP contribution in [0.5, 0.6) is 0 Å². The van der Waals surface area contributed by atoms with Crippen LogP contribution >= 0.6 is 11.3 Å². The first-order valence-electron chi connectivity index (χ1n) is 11.7. The van der Waals surface area contributed by atoms with Gasteiger partial charge in [0.1, 0.15) is 17.0 Å². The summed E-state index contributed by atoms with van der Waals surface area (Å²) in [5.41, 5.74) is 2.07. The molecule has 0 bridgehead atoms. The van der Waals surface area contributed by atoms with Gasteiger partial charge in [-0.2, -0.15) is 0 Å². The quantitative estimate of drug-likeness (QED) is 0.546. The van der Waals surface area contributed by atoms with Gasteiger partial charge in [-0.25, -0.2) is 9.97 Å². The Bertz CT molecular complexity index is 1110. The van der Waals surface area contributed by atoms with Gasteiger partial charge in [-0.1, -0.05) is 30.3 Å². The van der Waals surface area contributed by atoms with Gasteiger partial charge in [0, 0.05) is 38.3 Å². The van der Waals surface area contributed by atoms with Crippen molar-refractivity contribution in [2.75, 3.05) is 38.2 Å². The van der Waals surface area contributed by atoms with E-state index in [0.717, 1.165) is 53.9 Å². The molecule has 1 aromatic carbocycles. The van der Waals surface area contributed by atoms with Gasteiger partial charge in [0.15, 0.2) is 0 Å². The average Bonchev–Trinajstić information content (AvgIpc) is 3.51. The van der Waals surface area contributed by atoms with Crippen molar-refractivity contribution < 1.29 is 14.3 Å². The molecule has 0 aliphatic carbocycles. The van der Waals surface area contributed by atoms with Crippen molar-refractivity contribution in [2.45, 2.75) is 44.1 Å². The van der Waals surface area contributed by atoms with E-state index in [1.165, 1.54) is 16.9 Å². The lowest BCUT2D eigenvalue weighted by molar-refractivity contribution is 0.0487. The number of carbonyl (C=O) groups excluding carboxylic acids is 1. The maximum atomic E-state index is 13.3. The summed E-state index contributed by atoms with van der Waals surface area (Å²) in [4.78, 5) is 23.7. The average molecular weight is 467 g/mol. The zero-order valence-corrected chi connectivity index (χ0v) is 19.7. The molecule has 33 heavy (non-hydrogen) atoms. The number of fused-ring (bicyclic) bond motifs is 1. The lowest BCUT2D eigenvalue weighted by Gasteiger charge is -2.38. The summed E-state index contributed by atoms with van der Waals surface area (Å²) in [7, 11) is 0. The van der Waals surface area contributed by atoms with Crippen LogP contribution in [-0.4, -0.2) is 54.9 Å². The monoisotopic (exact) mass is 466 g/mol. The van der Waals surface area contributed by atoms with Crippen LogP contribution in [0, 0.1) is 6.92 Å². The number of anilines is 1. The van der Waals surface area contributed by atoms with E-state index in [4.69, 9.17) is 9.47 Å². The van der Waals surface area contributed by atoms with Crippen molar-refractivity contribution in [3.63, 3.8) is 0 Å². The highest BCUT2D eigenvalue weighted by Gasteiger charge is 2.35. The van der Waals surface area contributed by atoms with Gasteiger partial charge in [0.05, 0.1) is 16.4 Å². The predicted molar refractivity (Wildman–Crippen MR) is 130 cm³/mol. The Morgan fingerprint density at radius 2 is 2.00 bits per heavy atom. The van der Waals surface area contributed by atoms with E-state index in [1.807, 2.05) is 13.0 Å². The molecule has 2 fully saturated rings. The van der Waals surface area contributed by atoms with Crippen LogP contribution < -0.4 is 10.6 Å². The van der Waals surface area contributed by atoms with Gasteiger partial charge in [-0.15, -0.1) is 11.3 Å². The number of benzene rings is 1. The summed E-state index contributed by atoms with van der Waals surface area (Å²) in [6, 6.07) is 10.5. The van der Waals surface area contributed by atoms with Crippen molar-refractivity contribution in [3.8, 4) is 0 Å². The van der Waals surface area contributed by atoms with E-state index in [0.29, 0.717) is 31.2 Å². The second-order valence-corrected chi connectivity index (χ2v) is 9.92. The smallest absolute Gasteiger partial charge is 0.261 e. The number of hydrogen-bond acceptors (Lipinski definition) is 7. The van der Waals surface area contributed by atoms with Crippen molar-refractivity contribution in [3.05, 3.63) is 52.7 Å². The minimum atomic E-state index is -0.104. The largest absolute Gasteiger partial charge is 0.381 e. The zero-order valence-electron chi connectivity index (χ0n) is 18.9. The molecule has 7 nitrogen and oxygen atoms in total. The number of aryl methyl sites for hydroxylation is 1. The summed E-state index contributed by atoms with van der Waals surface area (Å²) in [5, 5.41) is 7.58. The fourth-order valence-corrected chi connectivity index (χ4v) is 5.95. The van der Waals surface area contributed by atoms with E-state index in [9.17, 15) is 4.79 Å². The molecule has 2 aliphatic rings. The second kappa shape index (κ2) is 9.75. The van der Waals surface area contributed by atoms with Crippen LogP contribution in [-0.2, 0) is 14.9 Å². The highest BCUT2D eigenvalue weighted by Crippen LogP contribution is 2.36. The molecule has 2 saturated heterocycles. The lowest BCUT2D eigenvalue weighted by atomic mass is 9.74. The number of thiophene rings is 1. The summed E-state index contributed by atoms with van der Waals surface area (Å²) in [5.74, 6) is 0.718. The number of aromatic nitrogens is 2. The Balaban J connectivity index is 1.35. The first kappa shape index (κ1) is 22.3. The van der Waals surface area contributed by atoms with Gasteiger partial charge in [-0.05, 0) is 43.7 Å². The standard InChI is InChI=1S/C25H30N4O3S/c1-17-20-22(26-14-19-8-5-11-32-19)28-16-29-24(20)33-21(17)23(30)27-15-25(9-12-31-13-10-25)18-6-3-2-4-7-18/h2-4,6-7,16,19H,5,8-15H2,1H3,(H,27,30)(H,26,28,29). The predicted octanol–water partition coefficient (Wildman–Crippen LogP) is 4.07. The van der Waals surface area contributed by atoms with Crippen LogP contribution in [0.4, 0.5) is 5.82 Å². The highest BCUT2D eigenvalue weighted by molar-refractivity contribution is 7.20. The fourth-order valence-electron chi connectivity index (χ4n) is 4.89. The minimum absolute atomic E-state index is 0.0534. The molecule has 0 saturated carbocycles. The Labute approximate surface area is 197 Å². The molecule has 0 radical (unpaired) electrons. The lowest BCUT2D eigenvalue weighted by Crippen LogP contribution is -2.44. The van der Waals surface area contributed by atoms with E-state index in [2.05, 4.69) is 44.9 Å². The molecule has 1 amide bonds. The molecule has 2 N–H and O–H groups in total. The molecular weight excluding hydrogens is 436 g/mol. The summed E-state index contributed by atoms with van der Waals surface area (Å²) >= 11 is 1.43. The third-order valence-corrected chi connectivity index (χ3v) is 8.08. The fraction of sp³-hybridized carbons (Fsp3) is 0.480. The van der Waals surface area contributed by atoms with Gasteiger partial charge >= 0.3 is 0 Å². The van der Waals surface area contributed by atoms with Gasteiger partial charge in [0.2, 0.25) is 0 Å². The molecule has 5 rings (SSSR count). The minimum Gasteiger partial charge on any atom is -0.381 e. The van der Waals surface area contributed by atoms with E-state index < -0.39 is 0 Å². The topological polar surface area (TPSA) is 85.4 Å². The molecule has 1 unspecified atom stereocenters. The normalized spacial score (nSPS) is 20.1. The van der Waals surface area contributed by atoms with Crippen LogP contribution in [0.25, 0.3) is 10.2 Å². The van der Waals surface area contributed by atoms with Crippen LogP contribution in [0.2, 0.25) is 0 Å². The van der Waals surface area contributed by atoms with Crippen molar-refractivity contribution in [1.29, 1.82) is 0 Å². The van der Waals surface area contributed by atoms with Crippen molar-refractivity contribution >= 4 is 33.3 Å². The molecule has 174 valence electrons. The molecular formula is C25H30N4O3S. The van der Waals surface area contributed by atoms with Crippen LogP contribution in [0.1, 0.15) is 46.5 Å². The summed E-state index contributed by atoms with van der Waals surface area (Å²) < 4.78 is 11.3. The number of amides is 1. The number of rotatable bonds is 7. The maximum Gasteiger partial charge on any atom is 0.261 e. The third-order valence-electron chi connectivity index (χ3n) is 6.88. The Morgan fingerprint density at radius 3 is 2.76 bits per heavy atom. The Hall–Kier alpha value is -2.55. The first-order chi connectivity index (χ1) is 16.2. The number of nitrogens with one attached hydrogen (secondary N) is 2. The van der Waals surface area contributed by atoms with Crippen molar-refractivity contribution in [2.24, 2.45) is 0 Å². The maximum absolute atomic E-state index is 13.3. The van der Waals surface area contributed by atoms with Gasteiger partial charge in [0.25, 0.3) is 5.91 Å². The summed E-state index contributed by atoms with van der Waals surface area (Å²) in [6.07, 6.45) is 5.72. The first-order valence-corrected chi connectivity index (χ1v) is 12.5. The van der Waals surface area contributed by atoms with E-state index in [-0.39, 0.29) is 17.4 Å². The zero-order chi connectivity index (χ0) is 22.7. The SMILES string of the molecule is Cc1c(C(=O)NCC2(c3ccccc3)CCOCC2)sc2ncnc(NCC3CCCO3)c12. The van der Waals surface area contributed by atoms with Gasteiger partial charge < -0.3 is 20.1 Å². The highest BCUT2D eigenvalue weighted by atomic mass is 32.1. The molecule has 8 heteroatoms. The van der Waals surface area contributed by atoms with E-state index >= 15 is 0 Å².